The van der Waals surface area contributed by atoms with Crippen LogP contribution in [0.15, 0.2) is 12.2 Å². The van der Waals surface area contributed by atoms with Crippen LogP contribution in [0.5, 0.6) is 0 Å². The number of hydrogen-bond acceptors (Lipinski definition) is 1. The Morgan fingerprint density at radius 2 is 2.00 bits per heavy atom. The van der Waals surface area contributed by atoms with Crippen molar-refractivity contribution in [3.05, 3.63) is 12.2 Å². The van der Waals surface area contributed by atoms with Gasteiger partial charge in [-0.3, -0.25) is 0 Å². The fraction of sp³-hybridized carbons (Fsp3) is 0.250. The monoisotopic (exact) mass is 187 g/mol. The maximum Gasteiger partial charge on any atom is 0.330 e. The molecule has 0 atom stereocenters. The minimum Gasteiger partial charge on any atom is -0.478 e. The molecule has 0 aromatic carbocycles. The summed E-state index contributed by atoms with van der Waals surface area (Å²) in [6, 6.07) is 0. The summed E-state index contributed by atoms with van der Waals surface area (Å²) in [6.07, 6.45) is 0. The van der Waals surface area contributed by atoms with Gasteiger partial charge in [0.1, 0.15) is 0 Å². The fourth-order valence-corrected chi connectivity index (χ4v) is 0. The standard InChI is InChI=1S/C4H6O2/c1-3(2)4(5)6/h1H2,2H3,(H,5,6)/i2+105. The van der Waals surface area contributed by atoms with E-state index in [-0.39, 0.29) is 5.57 Å². The summed E-state index contributed by atoms with van der Waals surface area (Å²) in [4.78, 5) is 9.60. The molecule has 0 aliphatic rings. The predicted molar refractivity (Wildman–Crippen MR) is 22.4 cm³/mol. The number of rotatable bonds is 1. The molecule has 0 radical (unpaired) electrons. The second-order valence-electron chi connectivity index (χ2n) is 1.09. The molecule has 0 aromatic heterocycles. The second-order valence-corrected chi connectivity index (χ2v) is 1.09. The molecule has 34 valence electrons. The molecule has 0 aliphatic carbocycles. The Bertz CT molecular complexity index is 71.5. The molecule has 2 heteroatoms. The largest absolute Gasteiger partial charge is 0.478 e. The number of hydrogen-bond donors (Lipinski definition) is 1. The molecule has 1 N–H and O–H groups in total. The van der Waals surface area contributed by atoms with E-state index in [9.17, 15) is 4.79 Å². The summed E-state index contributed by atoms with van der Waals surface area (Å²) in [5.41, 5.74) is 0.176. The van der Waals surface area contributed by atoms with Crippen molar-refractivity contribution in [1.29, 1.82) is 0 Å². The molecule has 0 rings (SSSR count). The number of aliphatic carboxylic acids is 1. The van der Waals surface area contributed by atoms with Crippen molar-refractivity contribution >= 4 is 5.97 Å². The molecule has 0 bridgehead atoms. The van der Waals surface area contributed by atoms with Crippen molar-refractivity contribution in [2.24, 2.45) is 0 Å². The number of carboxylic acid groups (broad SMARTS) is 1. The minimum atomic E-state index is -0.935. The number of carboxylic acids is 1. The van der Waals surface area contributed by atoms with Gasteiger partial charge in [-0.1, -0.05) is 6.58 Å². The Balaban J connectivity index is 3.57. The maximum absolute atomic E-state index is 9.60. The van der Waals surface area contributed by atoms with Crippen LogP contribution in [-0.4, -0.2) is 11.1 Å². The third-order valence-corrected chi connectivity index (χ3v) is 0.365. The van der Waals surface area contributed by atoms with Gasteiger partial charge in [-0.25, -0.2) is 4.79 Å². The van der Waals surface area contributed by atoms with E-state index in [1.54, 1.807) is 0 Å². The van der Waals surface area contributed by atoms with Crippen molar-refractivity contribution in [1.82, 2.24) is 0 Å². The van der Waals surface area contributed by atoms with Crippen LogP contribution in [0.4, 0.5) is 0 Å². The molecule has 0 saturated heterocycles. The van der Waals surface area contributed by atoms with Crippen LogP contribution in [0.1, 0.15) is 6.92 Å². The SMILES string of the molecule is C=C([113CH3])C(=O)O. The molecule has 2 nitrogen and oxygen atoms in total. The zero-order valence-corrected chi connectivity index (χ0v) is 3.56. The highest BCUT2D eigenvalue weighted by molar-refractivity contribution is 5.84. The highest BCUT2D eigenvalue weighted by Crippen LogP contribution is 1.81. The van der Waals surface area contributed by atoms with Gasteiger partial charge in [-0.15, -0.1) is 0 Å². The Labute approximate surface area is 36.1 Å². The molecule has 0 fully saturated rings. The fourth-order valence-electron chi connectivity index (χ4n) is 0. The molecule has 0 spiro atoms. The predicted octanol–water partition coefficient (Wildman–Crippen LogP) is 0.647. The third kappa shape index (κ3) is 1.52. The molecule has 0 amide bonds. The smallest absolute Gasteiger partial charge is 0.330 e. The van der Waals surface area contributed by atoms with E-state index in [2.05, 4.69) is 6.58 Å². The lowest BCUT2D eigenvalue weighted by molar-refractivity contribution is -0.132. The van der Waals surface area contributed by atoms with E-state index in [1.165, 1.54) is 6.92 Å². The van der Waals surface area contributed by atoms with Crippen molar-refractivity contribution in [3.8, 4) is 0 Å². The van der Waals surface area contributed by atoms with Crippen LogP contribution < -0.4 is 0 Å². The first-order valence-electron chi connectivity index (χ1n) is 1.53. The molecule has 0 unspecified atom stereocenters. The molecular formula is C4H6O2. The zero-order chi connectivity index (χ0) is 5.15. The van der Waals surface area contributed by atoms with Gasteiger partial charge in [0.15, 0.2) is 0 Å². The highest BCUT2D eigenvalue weighted by Gasteiger charge is 1.90. The van der Waals surface area contributed by atoms with Crippen molar-refractivity contribution in [2.75, 3.05) is 0 Å². The van der Waals surface area contributed by atoms with E-state index in [0.717, 1.165) is 0 Å². The summed E-state index contributed by atoms with van der Waals surface area (Å²) in [5.74, 6) is -0.935. The minimum absolute atomic E-state index is 0.176. The van der Waals surface area contributed by atoms with Gasteiger partial charge in [0.05, 0.1) is 0 Å². The Kier molecular flexibility index (Phi) is 1.39. The average Bonchev–Trinajstić information content (AvgIpc) is 1.36. The highest BCUT2D eigenvalue weighted by atomic mass is 113. The molecule has 0 heterocycles. The Morgan fingerprint density at radius 3 is 2.00 bits per heavy atom. The quantitative estimate of drug-likeness (QED) is 0.612. The topological polar surface area (TPSA) is 37.3 Å². The summed E-state index contributed by atoms with van der Waals surface area (Å²) < 4.78 is 0. The van der Waals surface area contributed by atoms with Gasteiger partial charge < -0.3 is 5.11 Å². The summed E-state index contributed by atoms with van der Waals surface area (Å²) in [5, 5.41) is 7.89. The normalized spacial score (nSPS) is 7.50. The first-order chi connectivity index (χ1) is 2.64. The lowest BCUT2D eigenvalue weighted by Gasteiger charge is -1.79. The second kappa shape index (κ2) is 1.60. The maximum atomic E-state index is 9.60. The Hall–Kier alpha value is -0.790. The van der Waals surface area contributed by atoms with E-state index < -0.39 is 5.97 Å². The van der Waals surface area contributed by atoms with E-state index >= 15 is 0 Å². The molecule has 0 aliphatic heterocycles. The molecule has 0 saturated carbocycles. The van der Waals surface area contributed by atoms with Gasteiger partial charge in [-0.05, 0) is 6.92 Å². The summed E-state index contributed by atoms with van der Waals surface area (Å²) >= 11 is 0. The van der Waals surface area contributed by atoms with Crippen LogP contribution >= 0.6 is 0 Å². The van der Waals surface area contributed by atoms with Crippen molar-refractivity contribution < 1.29 is 9.90 Å². The van der Waals surface area contributed by atoms with E-state index in [0.29, 0.717) is 0 Å². The van der Waals surface area contributed by atoms with Crippen LogP contribution in [0.3, 0.4) is 0 Å². The van der Waals surface area contributed by atoms with Crippen LogP contribution in [0, 0.1) is 0 Å². The van der Waals surface area contributed by atoms with Gasteiger partial charge in [0.2, 0.25) is 0 Å². The van der Waals surface area contributed by atoms with Gasteiger partial charge in [-0.2, -0.15) is 0 Å². The summed E-state index contributed by atoms with van der Waals surface area (Å²) in [6.45, 7) is 4.60. The molecule has 0 aromatic rings. The van der Waals surface area contributed by atoms with Crippen molar-refractivity contribution in [3.63, 3.8) is 0 Å². The first kappa shape index (κ1) is 5.21. The molecular weight excluding hydrogens is 181 g/mol. The summed E-state index contributed by atoms with van der Waals surface area (Å²) in [7, 11) is 0. The van der Waals surface area contributed by atoms with Gasteiger partial charge >= 0.3 is 5.97 Å². The average molecular weight is 187 g/mol. The third-order valence-electron chi connectivity index (χ3n) is 0.365. The van der Waals surface area contributed by atoms with Crippen LogP contribution in [0.2, 0.25) is 0 Å². The van der Waals surface area contributed by atoms with Crippen LogP contribution in [-0.2, 0) is 4.79 Å². The zero-order valence-electron chi connectivity index (χ0n) is 3.56. The van der Waals surface area contributed by atoms with E-state index in [1.807, 2.05) is 0 Å². The van der Waals surface area contributed by atoms with Gasteiger partial charge in [0, 0.05) is 5.57 Å². The Morgan fingerprint density at radius 1 is 1.83 bits per heavy atom. The number of carbonyl (C=O) groups is 1. The lowest BCUT2D eigenvalue weighted by Crippen LogP contribution is -1.92. The molecule has 6 heavy (non-hydrogen) atoms. The van der Waals surface area contributed by atoms with E-state index in [4.69, 9.17) is 5.11 Å². The van der Waals surface area contributed by atoms with Gasteiger partial charge in [0.25, 0.3) is 0 Å². The van der Waals surface area contributed by atoms with Crippen molar-refractivity contribution in [2.45, 2.75) is 6.92 Å². The lowest BCUT2D eigenvalue weighted by atomic mass is 10.7. The van der Waals surface area contributed by atoms with Crippen LogP contribution in [0.25, 0.3) is 0 Å². The first-order valence-corrected chi connectivity index (χ1v) is 1.53.